The summed E-state index contributed by atoms with van der Waals surface area (Å²) in [5, 5.41) is 0.800. The van der Waals surface area contributed by atoms with Crippen molar-refractivity contribution < 1.29 is 0 Å². The SMILES string of the molecule is CC1CCCN(C(CN)c2cccc(Cl)c2)CC1. The highest BCUT2D eigenvalue weighted by molar-refractivity contribution is 6.30. The van der Waals surface area contributed by atoms with Gasteiger partial charge in [0.05, 0.1) is 0 Å². The molecule has 1 aromatic carbocycles. The van der Waals surface area contributed by atoms with E-state index in [1.165, 1.54) is 24.8 Å². The van der Waals surface area contributed by atoms with Crippen molar-refractivity contribution in [1.29, 1.82) is 0 Å². The zero-order valence-electron chi connectivity index (χ0n) is 11.1. The van der Waals surface area contributed by atoms with Crippen LogP contribution in [0.1, 0.15) is 37.8 Å². The second-order valence-electron chi connectivity index (χ2n) is 5.38. The Morgan fingerprint density at radius 1 is 1.39 bits per heavy atom. The topological polar surface area (TPSA) is 29.3 Å². The number of nitrogens with zero attached hydrogens (tertiary/aromatic N) is 1. The van der Waals surface area contributed by atoms with Crippen molar-refractivity contribution in [3.05, 3.63) is 34.9 Å². The van der Waals surface area contributed by atoms with Crippen LogP contribution in [0.2, 0.25) is 5.02 Å². The molecule has 0 aromatic heterocycles. The van der Waals surface area contributed by atoms with Crippen LogP contribution in [0.25, 0.3) is 0 Å². The summed E-state index contributed by atoms with van der Waals surface area (Å²) in [7, 11) is 0. The fourth-order valence-electron chi connectivity index (χ4n) is 2.81. The minimum atomic E-state index is 0.314. The molecule has 18 heavy (non-hydrogen) atoms. The summed E-state index contributed by atoms with van der Waals surface area (Å²) < 4.78 is 0. The molecule has 1 aromatic rings. The third-order valence-electron chi connectivity index (χ3n) is 3.95. The molecule has 1 heterocycles. The van der Waals surface area contributed by atoms with E-state index in [1.807, 2.05) is 18.2 Å². The molecule has 0 bridgehead atoms. The minimum Gasteiger partial charge on any atom is -0.329 e. The van der Waals surface area contributed by atoms with E-state index in [0.29, 0.717) is 12.6 Å². The molecule has 1 aliphatic rings. The molecular weight excluding hydrogens is 244 g/mol. The smallest absolute Gasteiger partial charge is 0.0470 e. The predicted octanol–water partition coefficient (Wildman–Crippen LogP) is 3.46. The molecule has 2 rings (SSSR count). The van der Waals surface area contributed by atoms with Crippen LogP contribution in [0, 0.1) is 5.92 Å². The van der Waals surface area contributed by atoms with Crippen LogP contribution in [0.5, 0.6) is 0 Å². The van der Waals surface area contributed by atoms with Crippen LogP contribution in [-0.4, -0.2) is 24.5 Å². The number of hydrogen-bond donors (Lipinski definition) is 1. The van der Waals surface area contributed by atoms with Crippen molar-refractivity contribution in [2.75, 3.05) is 19.6 Å². The highest BCUT2D eigenvalue weighted by Gasteiger charge is 2.22. The summed E-state index contributed by atoms with van der Waals surface area (Å²) in [5.41, 5.74) is 7.24. The summed E-state index contributed by atoms with van der Waals surface area (Å²) in [5.74, 6) is 0.841. The van der Waals surface area contributed by atoms with Crippen molar-refractivity contribution in [1.82, 2.24) is 4.90 Å². The average Bonchev–Trinajstić information content (AvgIpc) is 2.56. The molecule has 3 heteroatoms. The molecule has 0 saturated carbocycles. The Hall–Kier alpha value is -0.570. The van der Waals surface area contributed by atoms with Gasteiger partial charge in [-0.1, -0.05) is 30.7 Å². The van der Waals surface area contributed by atoms with Crippen molar-refractivity contribution in [3.8, 4) is 0 Å². The first-order valence-corrected chi connectivity index (χ1v) is 7.28. The lowest BCUT2D eigenvalue weighted by molar-refractivity contribution is 0.207. The summed E-state index contributed by atoms with van der Waals surface area (Å²) in [6.45, 7) is 5.31. The molecular formula is C15H23ClN2. The molecule has 0 amide bonds. The van der Waals surface area contributed by atoms with Gasteiger partial charge in [0.1, 0.15) is 0 Å². The molecule has 1 fully saturated rings. The molecule has 100 valence electrons. The highest BCUT2D eigenvalue weighted by Crippen LogP contribution is 2.26. The Labute approximate surface area is 115 Å². The van der Waals surface area contributed by atoms with E-state index >= 15 is 0 Å². The fourth-order valence-corrected chi connectivity index (χ4v) is 3.01. The summed E-state index contributed by atoms with van der Waals surface area (Å²) in [4.78, 5) is 2.52. The van der Waals surface area contributed by atoms with E-state index in [0.717, 1.165) is 24.0 Å². The first-order valence-electron chi connectivity index (χ1n) is 6.90. The fraction of sp³-hybridized carbons (Fsp3) is 0.600. The van der Waals surface area contributed by atoms with Crippen molar-refractivity contribution in [2.45, 2.75) is 32.2 Å². The van der Waals surface area contributed by atoms with Gasteiger partial charge in [0.2, 0.25) is 0 Å². The third-order valence-corrected chi connectivity index (χ3v) is 4.18. The molecule has 2 nitrogen and oxygen atoms in total. The quantitative estimate of drug-likeness (QED) is 0.908. The van der Waals surface area contributed by atoms with Gasteiger partial charge in [-0.3, -0.25) is 4.90 Å². The van der Waals surface area contributed by atoms with Gasteiger partial charge >= 0.3 is 0 Å². The Bertz CT molecular complexity index is 381. The number of hydrogen-bond acceptors (Lipinski definition) is 2. The summed E-state index contributed by atoms with van der Waals surface area (Å²) in [6.07, 6.45) is 3.89. The lowest BCUT2D eigenvalue weighted by Gasteiger charge is -2.30. The van der Waals surface area contributed by atoms with Crippen molar-refractivity contribution in [2.24, 2.45) is 11.7 Å². The number of likely N-dealkylation sites (tertiary alicyclic amines) is 1. The molecule has 2 atom stereocenters. The maximum Gasteiger partial charge on any atom is 0.0470 e. The monoisotopic (exact) mass is 266 g/mol. The highest BCUT2D eigenvalue weighted by atomic mass is 35.5. The van der Waals surface area contributed by atoms with Crippen molar-refractivity contribution in [3.63, 3.8) is 0 Å². The van der Waals surface area contributed by atoms with Gasteiger partial charge in [-0.05, 0) is 56.0 Å². The summed E-state index contributed by atoms with van der Waals surface area (Å²) in [6, 6.07) is 8.43. The molecule has 0 radical (unpaired) electrons. The Kier molecular flexibility index (Phi) is 5.04. The lowest BCUT2D eigenvalue weighted by Crippen LogP contribution is -2.34. The van der Waals surface area contributed by atoms with Crippen LogP contribution in [-0.2, 0) is 0 Å². The largest absolute Gasteiger partial charge is 0.329 e. The number of nitrogens with two attached hydrogens (primary N) is 1. The van der Waals surface area contributed by atoms with E-state index in [-0.39, 0.29) is 0 Å². The van der Waals surface area contributed by atoms with E-state index in [4.69, 9.17) is 17.3 Å². The van der Waals surface area contributed by atoms with Gasteiger partial charge in [-0.15, -0.1) is 0 Å². The minimum absolute atomic E-state index is 0.314. The maximum atomic E-state index is 6.08. The van der Waals surface area contributed by atoms with Gasteiger partial charge in [0, 0.05) is 17.6 Å². The standard InChI is InChI=1S/C15H23ClN2/c1-12-4-3-8-18(9-7-12)15(11-17)13-5-2-6-14(16)10-13/h2,5-6,10,12,15H,3-4,7-9,11,17H2,1H3. The maximum absolute atomic E-state index is 6.08. The normalized spacial score (nSPS) is 23.6. The lowest BCUT2D eigenvalue weighted by atomic mass is 10.0. The summed E-state index contributed by atoms with van der Waals surface area (Å²) >= 11 is 6.08. The van der Waals surface area contributed by atoms with E-state index in [9.17, 15) is 0 Å². The van der Waals surface area contributed by atoms with Crippen LogP contribution in [0.15, 0.2) is 24.3 Å². The first kappa shape index (κ1) is 13.9. The predicted molar refractivity (Wildman–Crippen MR) is 77.8 cm³/mol. The average molecular weight is 267 g/mol. The second kappa shape index (κ2) is 6.55. The molecule has 0 spiro atoms. The zero-order valence-corrected chi connectivity index (χ0v) is 11.9. The van der Waals surface area contributed by atoms with Gasteiger partial charge < -0.3 is 5.73 Å². The van der Waals surface area contributed by atoms with Crippen molar-refractivity contribution >= 4 is 11.6 Å². The molecule has 1 saturated heterocycles. The zero-order chi connectivity index (χ0) is 13.0. The van der Waals surface area contributed by atoms with Gasteiger partial charge in [0.25, 0.3) is 0 Å². The van der Waals surface area contributed by atoms with Crippen LogP contribution in [0.3, 0.4) is 0 Å². The number of benzene rings is 1. The van der Waals surface area contributed by atoms with Crippen LogP contribution < -0.4 is 5.73 Å². The van der Waals surface area contributed by atoms with E-state index in [2.05, 4.69) is 17.9 Å². The number of rotatable bonds is 3. The van der Waals surface area contributed by atoms with Crippen LogP contribution in [0.4, 0.5) is 0 Å². The second-order valence-corrected chi connectivity index (χ2v) is 5.81. The molecule has 1 aliphatic heterocycles. The van der Waals surface area contributed by atoms with Gasteiger partial charge in [-0.25, -0.2) is 0 Å². The molecule has 2 N–H and O–H groups in total. The van der Waals surface area contributed by atoms with E-state index < -0.39 is 0 Å². The Morgan fingerprint density at radius 3 is 2.94 bits per heavy atom. The Balaban J connectivity index is 2.12. The molecule has 0 aliphatic carbocycles. The van der Waals surface area contributed by atoms with Gasteiger partial charge in [0.15, 0.2) is 0 Å². The van der Waals surface area contributed by atoms with E-state index in [1.54, 1.807) is 0 Å². The Morgan fingerprint density at radius 2 is 2.22 bits per heavy atom. The van der Waals surface area contributed by atoms with Gasteiger partial charge in [-0.2, -0.15) is 0 Å². The first-order chi connectivity index (χ1) is 8.70. The number of halogens is 1. The van der Waals surface area contributed by atoms with Crippen LogP contribution >= 0.6 is 11.6 Å². The molecule has 2 unspecified atom stereocenters. The third kappa shape index (κ3) is 3.47.